The van der Waals surface area contributed by atoms with Crippen LogP contribution in [-0.2, 0) is 4.79 Å². The maximum Gasteiger partial charge on any atom is 0.232 e. The van der Waals surface area contributed by atoms with Crippen molar-refractivity contribution in [1.29, 1.82) is 0 Å². The molecule has 0 aliphatic carbocycles. The zero-order valence-electron chi connectivity index (χ0n) is 10.3. The van der Waals surface area contributed by atoms with Crippen molar-refractivity contribution in [3.8, 4) is 0 Å². The molecule has 0 saturated carbocycles. The lowest BCUT2D eigenvalue weighted by molar-refractivity contribution is -0.127. The Kier molecular flexibility index (Phi) is 5.21. The molecule has 1 amide bonds. The van der Waals surface area contributed by atoms with Gasteiger partial charge in [-0.15, -0.1) is 0 Å². The quantitative estimate of drug-likeness (QED) is 0.709. The first-order chi connectivity index (χ1) is 6.73. The fraction of sp³-hybridized carbons (Fsp3) is 0.818. The third-order valence-corrected chi connectivity index (χ3v) is 3.55. The summed E-state index contributed by atoms with van der Waals surface area (Å²) in [4.78, 5) is 12.1. The third-order valence-electron chi connectivity index (χ3n) is 3.04. The van der Waals surface area contributed by atoms with Gasteiger partial charge < -0.3 is 11.1 Å². The van der Waals surface area contributed by atoms with Crippen molar-refractivity contribution in [1.82, 2.24) is 5.32 Å². The van der Waals surface area contributed by atoms with E-state index in [1.165, 1.54) is 0 Å². The highest BCUT2D eigenvalue weighted by atomic mass is 32.1. The molecule has 0 aliphatic heterocycles. The van der Waals surface area contributed by atoms with Crippen molar-refractivity contribution in [2.75, 3.05) is 0 Å². The molecule has 0 rings (SSSR count). The number of thiocarbonyl (C=S) groups is 1. The molecular formula is C11H22N2OS. The Balaban J connectivity index is 4.43. The van der Waals surface area contributed by atoms with Gasteiger partial charge in [0.15, 0.2) is 0 Å². The summed E-state index contributed by atoms with van der Waals surface area (Å²) in [7, 11) is 0. The summed E-state index contributed by atoms with van der Waals surface area (Å²) in [5.41, 5.74) is 4.76. The van der Waals surface area contributed by atoms with Crippen LogP contribution in [0.4, 0.5) is 0 Å². The van der Waals surface area contributed by atoms with Gasteiger partial charge >= 0.3 is 0 Å². The summed E-state index contributed by atoms with van der Waals surface area (Å²) in [6.45, 7) is 9.70. The molecule has 0 aromatic heterocycles. The fourth-order valence-electron chi connectivity index (χ4n) is 0.995. The van der Waals surface area contributed by atoms with E-state index in [1.54, 1.807) is 13.8 Å². The smallest absolute Gasteiger partial charge is 0.232 e. The zero-order chi connectivity index (χ0) is 12.2. The van der Waals surface area contributed by atoms with Gasteiger partial charge in [-0.25, -0.2) is 0 Å². The van der Waals surface area contributed by atoms with Crippen LogP contribution in [0.1, 0.15) is 41.0 Å². The molecule has 3 nitrogen and oxygen atoms in total. The highest BCUT2D eigenvalue weighted by Crippen LogP contribution is 2.17. The van der Waals surface area contributed by atoms with Gasteiger partial charge in [0.2, 0.25) is 5.91 Å². The Bertz CT molecular complexity index is 251. The molecule has 2 atom stereocenters. The van der Waals surface area contributed by atoms with Crippen LogP contribution in [0.15, 0.2) is 0 Å². The van der Waals surface area contributed by atoms with Crippen LogP contribution >= 0.6 is 12.2 Å². The Morgan fingerprint density at radius 1 is 1.47 bits per heavy atom. The summed E-state index contributed by atoms with van der Waals surface area (Å²) in [6, 6.07) is 0.149. The lowest BCUT2D eigenvalue weighted by Crippen LogP contribution is -2.49. The van der Waals surface area contributed by atoms with Gasteiger partial charge in [0.1, 0.15) is 0 Å². The van der Waals surface area contributed by atoms with E-state index in [-0.39, 0.29) is 16.9 Å². The average molecular weight is 230 g/mol. The van der Waals surface area contributed by atoms with Crippen molar-refractivity contribution < 1.29 is 4.79 Å². The molecule has 15 heavy (non-hydrogen) atoms. The summed E-state index contributed by atoms with van der Waals surface area (Å²) in [5, 5.41) is 2.95. The van der Waals surface area contributed by atoms with Crippen LogP contribution in [0.25, 0.3) is 0 Å². The highest BCUT2D eigenvalue weighted by Gasteiger charge is 2.32. The average Bonchev–Trinajstić information content (AvgIpc) is 2.15. The molecule has 88 valence electrons. The summed E-state index contributed by atoms with van der Waals surface area (Å²) < 4.78 is 0. The standard InChI is InChI=1S/C11H22N2OS/c1-6-7(2)8(3)13-10(14)11(4,5)9(12)15/h7-8H,6H2,1-5H3,(H2,12,15)(H,13,14). The molecule has 0 aliphatic rings. The van der Waals surface area contributed by atoms with Gasteiger partial charge in [-0.3, -0.25) is 4.79 Å². The molecule has 4 heteroatoms. The summed E-state index contributed by atoms with van der Waals surface area (Å²) in [5.74, 6) is 0.360. The van der Waals surface area contributed by atoms with Gasteiger partial charge in [0, 0.05) is 6.04 Å². The Hall–Kier alpha value is -0.640. The predicted molar refractivity (Wildman–Crippen MR) is 67.6 cm³/mol. The van der Waals surface area contributed by atoms with E-state index in [0.717, 1.165) is 6.42 Å². The van der Waals surface area contributed by atoms with Crippen molar-refractivity contribution in [3.63, 3.8) is 0 Å². The van der Waals surface area contributed by atoms with Crippen molar-refractivity contribution in [2.24, 2.45) is 17.1 Å². The molecule has 0 saturated heterocycles. The largest absolute Gasteiger partial charge is 0.392 e. The van der Waals surface area contributed by atoms with Crippen molar-refractivity contribution >= 4 is 23.1 Å². The summed E-state index contributed by atoms with van der Waals surface area (Å²) >= 11 is 4.87. The minimum absolute atomic E-state index is 0.0946. The minimum Gasteiger partial charge on any atom is -0.392 e. The molecule has 2 unspecified atom stereocenters. The number of rotatable bonds is 5. The van der Waals surface area contributed by atoms with E-state index in [4.69, 9.17) is 18.0 Å². The number of hydrogen-bond donors (Lipinski definition) is 2. The van der Waals surface area contributed by atoms with Gasteiger partial charge in [-0.1, -0.05) is 32.5 Å². The summed E-state index contributed by atoms with van der Waals surface area (Å²) in [6.07, 6.45) is 1.04. The van der Waals surface area contributed by atoms with E-state index in [9.17, 15) is 4.79 Å². The van der Waals surface area contributed by atoms with E-state index in [0.29, 0.717) is 5.92 Å². The van der Waals surface area contributed by atoms with Crippen LogP contribution in [-0.4, -0.2) is 16.9 Å². The number of hydrogen-bond acceptors (Lipinski definition) is 2. The first-order valence-corrected chi connectivity index (χ1v) is 5.75. The molecule has 0 heterocycles. The minimum atomic E-state index is -0.767. The van der Waals surface area contributed by atoms with Gasteiger partial charge in [-0.2, -0.15) is 0 Å². The topological polar surface area (TPSA) is 55.1 Å². The molecule has 0 aromatic carbocycles. The van der Waals surface area contributed by atoms with Crippen molar-refractivity contribution in [3.05, 3.63) is 0 Å². The number of nitrogens with one attached hydrogen (secondary N) is 1. The number of carbonyl (C=O) groups is 1. The van der Waals surface area contributed by atoms with E-state index in [1.807, 2.05) is 6.92 Å². The van der Waals surface area contributed by atoms with E-state index < -0.39 is 5.41 Å². The first kappa shape index (κ1) is 14.4. The molecule has 0 fully saturated rings. The van der Waals surface area contributed by atoms with Crippen LogP contribution in [0.2, 0.25) is 0 Å². The van der Waals surface area contributed by atoms with E-state index >= 15 is 0 Å². The molecule has 0 bridgehead atoms. The molecule has 0 aromatic rings. The molecule has 0 spiro atoms. The normalized spacial score (nSPS) is 15.5. The SMILES string of the molecule is CCC(C)C(C)NC(=O)C(C)(C)C(N)=S. The Morgan fingerprint density at radius 3 is 2.27 bits per heavy atom. The Morgan fingerprint density at radius 2 is 1.93 bits per heavy atom. The monoisotopic (exact) mass is 230 g/mol. The van der Waals surface area contributed by atoms with Crippen molar-refractivity contribution in [2.45, 2.75) is 47.1 Å². The second-order valence-electron chi connectivity index (χ2n) is 4.64. The highest BCUT2D eigenvalue weighted by molar-refractivity contribution is 7.80. The van der Waals surface area contributed by atoms with Crippen LogP contribution < -0.4 is 11.1 Å². The second-order valence-corrected chi connectivity index (χ2v) is 5.08. The third kappa shape index (κ3) is 3.78. The van der Waals surface area contributed by atoms with Gasteiger partial charge in [-0.05, 0) is 26.7 Å². The van der Waals surface area contributed by atoms with Gasteiger partial charge in [0.25, 0.3) is 0 Å². The molecule has 3 N–H and O–H groups in total. The van der Waals surface area contributed by atoms with Crippen LogP contribution in [0.3, 0.4) is 0 Å². The molecular weight excluding hydrogens is 208 g/mol. The first-order valence-electron chi connectivity index (χ1n) is 5.34. The lowest BCUT2D eigenvalue weighted by atomic mass is 9.91. The van der Waals surface area contributed by atoms with Gasteiger partial charge in [0.05, 0.1) is 10.4 Å². The fourth-order valence-corrected chi connectivity index (χ4v) is 1.09. The van der Waals surface area contributed by atoms with Crippen LogP contribution in [0.5, 0.6) is 0 Å². The lowest BCUT2D eigenvalue weighted by Gasteiger charge is -2.27. The van der Waals surface area contributed by atoms with Crippen LogP contribution in [0, 0.1) is 11.3 Å². The zero-order valence-corrected chi connectivity index (χ0v) is 11.1. The van der Waals surface area contributed by atoms with E-state index in [2.05, 4.69) is 19.2 Å². The maximum atomic E-state index is 11.9. The second kappa shape index (κ2) is 5.45. The Labute approximate surface area is 97.8 Å². The number of amides is 1. The maximum absolute atomic E-state index is 11.9. The number of nitrogens with two attached hydrogens (primary N) is 1. The molecule has 0 radical (unpaired) electrons. The number of carbonyl (C=O) groups excluding carboxylic acids is 1. The predicted octanol–water partition coefficient (Wildman–Crippen LogP) is 1.85.